The number of hydrogen-bond donors (Lipinski definition) is 1. The zero-order valence-electron chi connectivity index (χ0n) is 10.9. The van der Waals surface area contributed by atoms with E-state index in [-0.39, 0.29) is 11.5 Å². The first-order chi connectivity index (χ1) is 8.62. The Morgan fingerprint density at radius 3 is 2.89 bits per heavy atom. The Labute approximate surface area is 110 Å². The van der Waals surface area contributed by atoms with Crippen molar-refractivity contribution in [3.05, 3.63) is 35.4 Å². The van der Waals surface area contributed by atoms with E-state index in [0.717, 1.165) is 12.8 Å². The summed E-state index contributed by atoms with van der Waals surface area (Å²) in [5.74, 6) is 0.470. The topological polar surface area (TPSA) is 46.2 Å². The van der Waals surface area contributed by atoms with Gasteiger partial charge in [-0.25, -0.2) is 8.42 Å². The first-order valence-electron chi connectivity index (χ1n) is 6.64. The average Bonchev–Trinajstić information content (AvgIpc) is 2.39. The lowest BCUT2D eigenvalue weighted by molar-refractivity contribution is 0.470. The molecule has 0 fully saturated rings. The highest BCUT2D eigenvalue weighted by Crippen LogP contribution is 2.29. The highest BCUT2D eigenvalue weighted by molar-refractivity contribution is 7.91. The molecule has 1 unspecified atom stereocenters. The summed E-state index contributed by atoms with van der Waals surface area (Å²) in [5, 5.41) is 3.39. The molecule has 100 valence electrons. The smallest absolute Gasteiger partial charge is 0.151 e. The van der Waals surface area contributed by atoms with Crippen LogP contribution in [0.1, 0.15) is 36.9 Å². The number of sulfone groups is 1. The molecule has 1 aromatic carbocycles. The zero-order chi connectivity index (χ0) is 13.0. The number of fused-ring (bicyclic) bond motifs is 1. The predicted octanol–water partition coefficient (Wildman–Crippen LogP) is 2.09. The van der Waals surface area contributed by atoms with E-state index in [9.17, 15) is 8.42 Å². The summed E-state index contributed by atoms with van der Waals surface area (Å²) in [6.07, 6.45) is 3.42. The van der Waals surface area contributed by atoms with Crippen LogP contribution >= 0.6 is 0 Å². The van der Waals surface area contributed by atoms with E-state index < -0.39 is 9.84 Å². The van der Waals surface area contributed by atoms with Gasteiger partial charge in [-0.1, -0.05) is 31.2 Å². The average molecular weight is 267 g/mol. The standard InChI is InChI=1S/C14H21NO2S/c1-2-18(16,17)11-10-15-14-9-5-7-12-6-3-4-8-13(12)14/h3-4,6,8,14-15H,2,5,7,9-11H2,1H3. The molecule has 0 radical (unpaired) electrons. The van der Waals surface area contributed by atoms with E-state index in [4.69, 9.17) is 0 Å². The van der Waals surface area contributed by atoms with Crippen molar-refractivity contribution < 1.29 is 8.42 Å². The van der Waals surface area contributed by atoms with Gasteiger partial charge in [0.15, 0.2) is 9.84 Å². The van der Waals surface area contributed by atoms with E-state index in [1.54, 1.807) is 6.92 Å². The third kappa shape index (κ3) is 3.33. The van der Waals surface area contributed by atoms with Gasteiger partial charge in [-0.15, -0.1) is 0 Å². The lowest BCUT2D eigenvalue weighted by Crippen LogP contribution is -2.30. The Bertz CT molecular complexity index is 496. The third-order valence-electron chi connectivity index (χ3n) is 3.61. The number of aryl methyl sites for hydroxylation is 1. The molecule has 0 amide bonds. The van der Waals surface area contributed by atoms with Crippen LogP contribution in [0.5, 0.6) is 0 Å². The molecule has 18 heavy (non-hydrogen) atoms. The summed E-state index contributed by atoms with van der Waals surface area (Å²) >= 11 is 0. The van der Waals surface area contributed by atoms with Gasteiger partial charge in [-0.2, -0.15) is 0 Å². The maximum atomic E-state index is 11.4. The van der Waals surface area contributed by atoms with E-state index in [2.05, 4.69) is 29.6 Å². The number of benzene rings is 1. The summed E-state index contributed by atoms with van der Waals surface area (Å²) in [5.41, 5.74) is 2.75. The van der Waals surface area contributed by atoms with Crippen molar-refractivity contribution in [3.8, 4) is 0 Å². The van der Waals surface area contributed by atoms with E-state index in [1.807, 2.05) is 0 Å². The molecule has 1 N–H and O–H groups in total. The van der Waals surface area contributed by atoms with Gasteiger partial charge in [0, 0.05) is 18.3 Å². The summed E-state index contributed by atoms with van der Waals surface area (Å²) in [6, 6.07) is 8.78. The minimum absolute atomic E-state index is 0.232. The van der Waals surface area contributed by atoms with Crippen molar-refractivity contribution in [2.24, 2.45) is 0 Å². The Balaban J connectivity index is 1.96. The molecule has 1 aromatic rings. The summed E-state index contributed by atoms with van der Waals surface area (Å²) < 4.78 is 22.9. The molecule has 0 aromatic heterocycles. The summed E-state index contributed by atoms with van der Waals surface area (Å²) in [6.45, 7) is 2.25. The van der Waals surface area contributed by atoms with Crippen LogP contribution in [0.4, 0.5) is 0 Å². The van der Waals surface area contributed by atoms with Gasteiger partial charge in [0.1, 0.15) is 0 Å². The van der Waals surface area contributed by atoms with Crippen molar-refractivity contribution in [1.29, 1.82) is 0 Å². The minimum Gasteiger partial charge on any atom is -0.309 e. The lowest BCUT2D eigenvalue weighted by Gasteiger charge is -2.26. The Hall–Kier alpha value is -0.870. The monoisotopic (exact) mass is 267 g/mol. The molecular weight excluding hydrogens is 246 g/mol. The molecule has 0 spiro atoms. The molecule has 0 aliphatic heterocycles. The van der Waals surface area contributed by atoms with Crippen molar-refractivity contribution in [1.82, 2.24) is 5.32 Å². The van der Waals surface area contributed by atoms with Crippen LogP contribution < -0.4 is 5.32 Å². The van der Waals surface area contributed by atoms with E-state index in [1.165, 1.54) is 17.5 Å². The van der Waals surface area contributed by atoms with Gasteiger partial charge >= 0.3 is 0 Å². The quantitative estimate of drug-likeness (QED) is 0.888. The molecule has 1 aliphatic rings. The van der Waals surface area contributed by atoms with Crippen LogP contribution in [0.25, 0.3) is 0 Å². The second-order valence-electron chi connectivity index (χ2n) is 4.83. The zero-order valence-corrected chi connectivity index (χ0v) is 11.7. The van der Waals surface area contributed by atoms with Crippen LogP contribution in [0.15, 0.2) is 24.3 Å². The Kier molecular flexibility index (Phi) is 4.40. The highest BCUT2D eigenvalue weighted by atomic mass is 32.2. The van der Waals surface area contributed by atoms with Crippen molar-refractivity contribution in [2.45, 2.75) is 32.2 Å². The fourth-order valence-corrected chi connectivity index (χ4v) is 3.22. The normalized spacial score (nSPS) is 19.5. The van der Waals surface area contributed by atoms with E-state index in [0.29, 0.717) is 12.6 Å². The van der Waals surface area contributed by atoms with Crippen LogP contribution in [0, 0.1) is 0 Å². The van der Waals surface area contributed by atoms with Crippen LogP contribution in [-0.4, -0.2) is 26.5 Å². The van der Waals surface area contributed by atoms with Crippen LogP contribution in [0.2, 0.25) is 0 Å². The van der Waals surface area contributed by atoms with Crippen molar-refractivity contribution in [3.63, 3.8) is 0 Å². The summed E-state index contributed by atoms with van der Waals surface area (Å²) in [7, 11) is -2.86. The number of hydrogen-bond acceptors (Lipinski definition) is 3. The number of rotatable bonds is 5. The van der Waals surface area contributed by atoms with Crippen LogP contribution in [-0.2, 0) is 16.3 Å². The number of nitrogens with one attached hydrogen (secondary N) is 1. The fraction of sp³-hybridized carbons (Fsp3) is 0.571. The van der Waals surface area contributed by atoms with Crippen molar-refractivity contribution >= 4 is 9.84 Å². The molecule has 2 rings (SSSR count). The molecule has 0 saturated carbocycles. The lowest BCUT2D eigenvalue weighted by atomic mass is 9.88. The van der Waals surface area contributed by atoms with E-state index >= 15 is 0 Å². The second-order valence-corrected chi connectivity index (χ2v) is 7.31. The first-order valence-corrected chi connectivity index (χ1v) is 8.46. The predicted molar refractivity (Wildman–Crippen MR) is 74.5 cm³/mol. The maximum Gasteiger partial charge on any atom is 0.151 e. The molecular formula is C14H21NO2S. The largest absolute Gasteiger partial charge is 0.309 e. The molecule has 0 heterocycles. The van der Waals surface area contributed by atoms with Gasteiger partial charge in [0.25, 0.3) is 0 Å². The van der Waals surface area contributed by atoms with Gasteiger partial charge in [0.2, 0.25) is 0 Å². The van der Waals surface area contributed by atoms with Gasteiger partial charge < -0.3 is 5.32 Å². The highest BCUT2D eigenvalue weighted by Gasteiger charge is 2.19. The molecule has 3 nitrogen and oxygen atoms in total. The first kappa shape index (κ1) is 13.6. The molecule has 1 aliphatic carbocycles. The van der Waals surface area contributed by atoms with Crippen molar-refractivity contribution in [2.75, 3.05) is 18.1 Å². The maximum absolute atomic E-state index is 11.4. The fourth-order valence-electron chi connectivity index (χ4n) is 2.50. The molecule has 0 bridgehead atoms. The van der Waals surface area contributed by atoms with Crippen LogP contribution in [0.3, 0.4) is 0 Å². The Morgan fingerprint density at radius 2 is 2.11 bits per heavy atom. The molecule has 1 atom stereocenters. The molecule has 4 heteroatoms. The second kappa shape index (κ2) is 5.85. The third-order valence-corrected chi connectivity index (χ3v) is 5.32. The summed E-state index contributed by atoms with van der Waals surface area (Å²) in [4.78, 5) is 0. The van der Waals surface area contributed by atoms with Gasteiger partial charge in [0.05, 0.1) is 5.75 Å². The van der Waals surface area contributed by atoms with Gasteiger partial charge in [-0.3, -0.25) is 0 Å². The molecule has 0 saturated heterocycles. The SMILES string of the molecule is CCS(=O)(=O)CCNC1CCCc2ccccc21. The van der Waals surface area contributed by atoms with Gasteiger partial charge in [-0.05, 0) is 30.4 Å². The minimum atomic E-state index is -2.86. The Morgan fingerprint density at radius 1 is 1.33 bits per heavy atom.